The second-order valence-corrected chi connectivity index (χ2v) is 3.21. The summed E-state index contributed by atoms with van der Waals surface area (Å²) in [6.07, 6.45) is -5.27. The van der Waals surface area contributed by atoms with Crippen molar-refractivity contribution >= 4 is 0 Å². The highest BCUT2D eigenvalue weighted by molar-refractivity contribution is 4.79. The number of rotatable bonds is 6. The Morgan fingerprint density at radius 1 is 1.14 bits per heavy atom. The van der Waals surface area contributed by atoms with Crippen molar-refractivity contribution in [2.75, 3.05) is 6.61 Å². The Morgan fingerprint density at radius 3 is 2.00 bits per heavy atom. The lowest BCUT2D eigenvalue weighted by molar-refractivity contribution is -0.147. The van der Waals surface area contributed by atoms with Gasteiger partial charge >= 0.3 is 0 Å². The summed E-state index contributed by atoms with van der Waals surface area (Å²) in [7, 11) is 0. The van der Waals surface area contributed by atoms with E-state index in [4.69, 9.17) is 20.4 Å². The number of halogens is 2. The van der Waals surface area contributed by atoms with Gasteiger partial charge in [0.1, 0.15) is 12.7 Å². The van der Waals surface area contributed by atoms with Gasteiger partial charge in [-0.05, 0) is 13.3 Å². The van der Waals surface area contributed by atoms with Crippen molar-refractivity contribution < 1.29 is 29.2 Å². The van der Waals surface area contributed by atoms with Gasteiger partial charge in [-0.1, -0.05) is 0 Å². The van der Waals surface area contributed by atoms with Crippen molar-refractivity contribution in [3.63, 3.8) is 0 Å². The molecule has 0 fully saturated rings. The first-order valence-corrected chi connectivity index (χ1v) is 4.15. The van der Waals surface area contributed by atoms with Crippen LogP contribution in [0.3, 0.4) is 0 Å². The van der Waals surface area contributed by atoms with E-state index in [1.807, 2.05) is 0 Å². The van der Waals surface area contributed by atoms with Gasteiger partial charge in [0.2, 0.25) is 0 Å². The van der Waals surface area contributed by atoms with E-state index in [2.05, 4.69) is 6.92 Å². The van der Waals surface area contributed by atoms with Gasteiger partial charge < -0.3 is 20.4 Å². The van der Waals surface area contributed by atoms with Crippen LogP contribution in [0.1, 0.15) is 12.8 Å². The van der Waals surface area contributed by atoms with E-state index in [9.17, 15) is 8.78 Å². The predicted molar refractivity (Wildman–Crippen MR) is 44.6 cm³/mol. The third-order valence-electron chi connectivity index (χ3n) is 1.74. The Balaban J connectivity index is 3.99. The highest BCUT2D eigenvalue weighted by Gasteiger charge is 2.38. The molecule has 0 amide bonds. The molecule has 0 rings (SSSR count). The van der Waals surface area contributed by atoms with Crippen molar-refractivity contribution in [1.29, 1.82) is 0 Å². The molecule has 14 heavy (non-hydrogen) atoms. The van der Waals surface area contributed by atoms with E-state index in [0.717, 1.165) is 0 Å². The van der Waals surface area contributed by atoms with Gasteiger partial charge in [0.15, 0.2) is 0 Å². The van der Waals surface area contributed by atoms with Crippen LogP contribution in [0, 0.1) is 6.92 Å². The minimum absolute atomic E-state index is 0.196. The molecule has 0 aliphatic heterocycles. The molecule has 6 heteroatoms. The Morgan fingerprint density at radius 2 is 1.64 bits per heavy atom. The predicted octanol–water partition coefficient (Wildman–Crippen LogP) is -0.689. The van der Waals surface area contributed by atoms with Gasteiger partial charge in [0, 0.05) is 6.42 Å². The van der Waals surface area contributed by atoms with Gasteiger partial charge in [0.25, 0.3) is 5.92 Å². The minimum Gasteiger partial charge on any atom is -0.393 e. The van der Waals surface area contributed by atoms with Crippen LogP contribution in [0.2, 0.25) is 0 Å². The average molecular weight is 213 g/mol. The zero-order valence-electron chi connectivity index (χ0n) is 7.61. The molecular weight excluding hydrogens is 198 g/mol. The molecule has 0 saturated carbocycles. The molecule has 3 atom stereocenters. The fraction of sp³-hybridized carbons (Fsp3) is 0.875. The summed E-state index contributed by atoms with van der Waals surface area (Å²) >= 11 is 0. The summed E-state index contributed by atoms with van der Waals surface area (Å²) in [4.78, 5) is 0. The van der Waals surface area contributed by atoms with Crippen molar-refractivity contribution in [2.45, 2.75) is 37.1 Å². The lowest BCUT2D eigenvalue weighted by atomic mass is 10.0. The van der Waals surface area contributed by atoms with Crippen LogP contribution in [0.15, 0.2) is 0 Å². The molecule has 1 radical (unpaired) electrons. The quantitative estimate of drug-likeness (QED) is 0.471. The lowest BCUT2D eigenvalue weighted by Crippen LogP contribution is -2.39. The SMILES string of the molecule is [CH2]C(O)CC(O)CC(O)C(F)(F)CO. The first kappa shape index (κ1) is 13.7. The zero-order chi connectivity index (χ0) is 11.4. The smallest absolute Gasteiger partial charge is 0.296 e. The molecule has 0 aromatic rings. The highest BCUT2D eigenvalue weighted by atomic mass is 19.3. The van der Waals surface area contributed by atoms with Gasteiger partial charge in [-0.25, -0.2) is 8.78 Å². The van der Waals surface area contributed by atoms with Crippen LogP contribution in [-0.2, 0) is 0 Å². The summed E-state index contributed by atoms with van der Waals surface area (Å²) < 4.78 is 25.1. The molecule has 0 bridgehead atoms. The second kappa shape index (κ2) is 5.55. The molecule has 0 saturated heterocycles. The van der Waals surface area contributed by atoms with Crippen LogP contribution < -0.4 is 0 Å². The van der Waals surface area contributed by atoms with Crippen LogP contribution in [0.5, 0.6) is 0 Å². The zero-order valence-corrected chi connectivity index (χ0v) is 7.61. The molecule has 4 N–H and O–H groups in total. The molecule has 0 aliphatic carbocycles. The maximum Gasteiger partial charge on any atom is 0.296 e. The second-order valence-electron chi connectivity index (χ2n) is 3.21. The summed E-state index contributed by atoms with van der Waals surface area (Å²) in [5.41, 5.74) is 0. The summed E-state index contributed by atoms with van der Waals surface area (Å²) in [5.74, 6) is -3.63. The normalized spacial score (nSPS) is 19.1. The number of aliphatic hydroxyl groups is 4. The largest absolute Gasteiger partial charge is 0.393 e. The van der Waals surface area contributed by atoms with Crippen LogP contribution >= 0.6 is 0 Å². The van der Waals surface area contributed by atoms with E-state index in [1.54, 1.807) is 0 Å². The molecule has 0 aromatic heterocycles. The Labute approximate surface area is 80.8 Å². The summed E-state index contributed by atoms with van der Waals surface area (Å²) in [5, 5.41) is 34.9. The minimum atomic E-state index is -3.63. The Bertz CT molecular complexity index is 163. The van der Waals surface area contributed by atoms with Crippen LogP contribution in [-0.4, -0.2) is 51.3 Å². The molecule has 85 valence electrons. The van der Waals surface area contributed by atoms with E-state index in [-0.39, 0.29) is 6.42 Å². The maximum absolute atomic E-state index is 12.6. The number of hydrogen-bond donors (Lipinski definition) is 4. The van der Waals surface area contributed by atoms with Crippen molar-refractivity contribution in [3.05, 3.63) is 6.92 Å². The maximum atomic E-state index is 12.6. The van der Waals surface area contributed by atoms with Crippen molar-refractivity contribution in [2.24, 2.45) is 0 Å². The number of alkyl halides is 2. The molecule has 0 aliphatic rings. The fourth-order valence-electron chi connectivity index (χ4n) is 0.946. The molecular formula is C8H15F2O4. The number of aliphatic hydroxyl groups excluding tert-OH is 4. The Hall–Kier alpha value is -0.300. The molecule has 0 aromatic carbocycles. The van der Waals surface area contributed by atoms with Crippen LogP contribution in [0.4, 0.5) is 8.78 Å². The van der Waals surface area contributed by atoms with E-state index in [0.29, 0.717) is 0 Å². The first-order chi connectivity index (χ1) is 6.29. The fourth-order valence-corrected chi connectivity index (χ4v) is 0.946. The van der Waals surface area contributed by atoms with E-state index >= 15 is 0 Å². The third kappa shape index (κ3) is 4.80. The highest BCUT2D eigenvalue weighted by Crippen LogP contribution is 2.22. The molecule has 3 unspecified atom stereocenters. The molecule has 0 spiro atoms. The van der Waals surface area contributed by atoms with Crippen molar-refractivity contribution in [3.8, 4) is 0 Å². The van der Waals surface area contributed by atoms with Gasteiger partial charge in [-0.15, -0.1) is 0 Å². The van der Waals surface area contributed by atoms with Crippen LogP contribution in [0.25, 0.3) is 0 Å². The number of hydrogen-bond acceptors (Lipinski definition) is 4. The van der Waals surface area contributed by atoms with Gasteiger partial charge in [-0.3, -0.25) is 0 Å². The standard InChI is InChI=1S/C8H15F2O4/c1-5(12)2-6(13)3-7(14)8(9,10)4-11/h5-7,11-14H,1-4H2. The van der Waals surface area contributed by atoms with E-state index in [1.165, 1.54) is 0 Å². The monoisotopic (exact) mass is 213 g/mol. The first-order valence-electron chi connectivity index (χ1n) is 4.15. The van der Waals surface area contributed by atoms with E-state index < -0.39 is 37.3 Å². The molecule has 0 heterocycles. The average Bonchev–Trinajstić information content (AvgIpc) is 2.02. The lowest BCUT2D eigenvalue weighted by Gasteiger charge is -2.23. The van der Waals surface area contributed by atoms with Crippen molar-refractivity contribution in [1.82, 2.24) is 0 Å². The third-order valence-corrected chi connectivity index (χ3v) is 1.74. The Kier molecular flexibility index (Phi) is 5.43. The topological polar surface area (TPSA) is 80.9 Å². The summed E-state index contributed by atoms with van der Waals surface area (Å²) in [6, 6.07) is 0. The molecule has 4 nitrogen and oxygen atoms in total. The van der Waals surface area contributed by atoms with Gasteiger partial charge in [0.05, 0.1) is 12.2 Å². The summed E-state index contributed by atoms with van der Waals surface area (Å²) in [6.45, 7) is 1.67. The van der Waals surface area contributed by atoms with Gasteiger partial charge in [-0.2, -0.15) is 0 Å².